The van der Waals surface area contributed by atoms with Gasteiger partial charge in [-0.3, -0.25) is 9.78 Å². The number of rotatable bonds is 2. The second kappa shape index (κ2) is 4.47. The van der Waals surface area contributed by atoms with Gasteiger partial charge >= 0.3 is 0 Å². The molecule has 3 nitrogen and oxygen atoms in total. The minimum absolute atomic E-state index is 0.728. The number of carbonyl (C=O) groups is 1. The molecular weight excluding hydrogens is 288 g/mol. The van der Waals surface area contributed by atoms with Crippen LogP contribution in [0, 0.1) is 0 Å². The molecule has 4 rings (SSSR count). The van der Waals surface area contributed by atoms with Crippen LogP contribution in [-0.4, -0.2) is 16.3 Å². The molecule has 0 aliphatic rings. The van der Waals surface area contributed by atoms with Crippen LogP contribution in [0.15, 0.2) is 42.6 Å². The van der Waals surface area contributed by atoms with E-state index in [1.54, 1.807) is 17.5 Å². The molecule has 96 valence electrons. The zero-order valence-electron chi connectivity index (χ0n) is 10.2. The molecule has 5 heteroatoms. The summed E-state index contributed by atoms with van der Waals surface area (Å²) in [7, 11) is 0. The molecule has 0 bridgehead atoms. The Balaban J connectivity index is 1.98. The van der Waals surface area contributed by atoms with Crippen molar-refractivity contribution in [1.82, 2.24) is 9.97 Å². The highest BCUT2D eigenvalue weighted by Crippen LogP contribution is 2.36. The SMILES string of the molecule is O=Cc1ccc(-c2nc3c(ccc4ncccc43)s2)s1. The lowest BCUT2D eigenvalue weighted by atomic mass is 10.2. The summed E-state index contributed by atoms with van der Waals surface area (Å²) in [6.45, 7) is 0. The molecule has 0 atom stereocenters. The van der Waals surface area contributed by atoms with Crippen molar-refractivity contribution in [2.75, 3.05) is 0 Å². The van der Waals surface area contributed by atoms with Crippen molar-refractivity contribution < 1.29 is 4.79 Å². The molecule has 0 saturated carbocycles. The first-order valence-corrected chi connectivity index (χ1v) is 7.68. The van der Waals surface area contributed by atoms with E-state index < -0.39 is 0 Å². The van der Waals surface area contributed by atoms with E-state index in [-0.39, 0.29) is 0 Å². The van der Waals surface area contributed by atoms with Crippen LogP contribution in [0.3, 0.4) is 0 Å². The topological polar surface area (TPSA) is 42.9 Å². The van der Waals surface area contributed by atoms with E-state index in [4.69, 9.17) is 4.98 Å². The average Bonchev–Trinajstić information content (AvgIpc) is 3.13. The van der Waals surface area contributed by atoms with Gasteiger partial charge in [-0.15, -0.1) is 22.7 Å². The van der Waals surface area contributed by atoms with Crippen molar-refractivity contribution in [3.05, 3.63) is 47.5 Å². The molecule has 3 heterocycles. The minimum atomic E-state index is 0.728. The maximum Gasteiger partial charge on any atom is 0.160 e. The van der Waals surface area contributed by atoms with Crippen molar-refractivity contribution in [2.45, 2.75) is 0 Å². The Labute approximate surface area is 122 Å². The van der Waals surface area contributed by atoms with E-state index in [1.807, 2.05) is 30.3 Å². The van der Waals surface area contributed by atoms with E-state index in [0.29, 0.717) is 0 Å². The largest absolute Gasteiger partial charge is 0.297 e. The smallest absolute Gasteiger partial charge is 0.160 e. The molecule has 0 saturated heterocycles. The third-order valence-corrected chi connectivity index (χ3v) is 5.29. The Bertz CT molecular complexity index is 939. The first kappa shape index (κ1) is 11.7. The van der Waals surface area contributed by atoms with Gasteiger partial charge in [0.05, 0.1) is 25.5 Å². The van der Waals surface area contributed by atoms with Crippen LogP contribution < -0.4 is 0 Å². The summed E-state index contributed by atoms with van der Waals surface area (Å²) in [5.41, 5.74) is 1.94. The van der Waals surface area contributed by atoms with Gasteiger partial charge in [-0.25, -0.2) is 4.98 Å². The molecule has 1 aromatic carbocycles. The third kappa shape index (κ3) is 1.75. The summed E-state index contributed by atoms with van der Waals surface area (Å²) in [4.78, 5) is 21.6. The third-order valence-electron chi connectivity index (χ3n) is 3.09. The van der Waals surface area contributed by atoms with Crippen molar-refractivity contribution in [2.24, 2.45) is 0 Å². The van der Waals surface area contributed by atoms with E-state index in [1.165, 1.54) is 11.3 Å². The number of aldehydes is 1. The predicted molar refractivity (Wildman–Crippen MR) is 83.6 cm³/mol. The van der Waals surface area contributed by atoms with Crippen LogP contribution in [0.2, 0.25) is 0 Å². The Hall–Kier alpha value is -2.11. The van der Waals surface area contributed by atoms with Gasteiger partial charge in [-0.2, -0.15) is 0 Å². The molecule has 0 radical (unpaired) electrons. The molecule has 0 fully saturated rings. The van der Waals surface area contributed by atoms with E-state index in [9.17, 15) is 4.79 Å². The lowest BCUT2D eigenvalue weighted by molar-refractivity contribution is 0.112. The monoisotopic (exact) mass is 296 g/mol. The number of carbonyl (C=O) groups excluding carboxylic acids is 1. The van der Waals surface area contributed by atoms with Gasteiger partial charge < -0.3 is 0 Å². The number of nitrogens with zero attached hydrogens (tertiary/aromatic N) is 2. The van der Waals surface area contributed by atoms with Crippen LogP contribution in [0.25, 0.3) is 31.0 Å². The first-order chi connectivity index (χ1) is 9.85. The summed E-state index contributed by atoms with van der Waals surface area (Å²) >= 11 is 3.12. The molecule has 0 spiro atoms. The van der Waals surface area contributed by atoms with Crippen LogP contribution in [-0.2, 0) is 0 Å². The maximum atomic E-state index is 10.8. The van der Waals surface area contributed by atoms with Crippen LogP contribution in [0.4, 0.5) is 0 Å². The normalized spacial score (nSPS) is 11.2. The van der Waals surface area contributed by atoms with E-state index in [0.717, 1.165) is 42.2 Å². The fourth-order valence-electron chi connectivity index (χ4n) is 2.18. The van der Waals surface area contributed by atoms with Crippen molar-refractivity contribution in [3.8, 4) is 9.88 Å². The van der Waals surface area contributed by atoms with Crippen LogP contribution in [0.1, 0.15) is 9.67 Å². The molecule has 3 aromatic heterocycles. The number of benzene rings is 1. The zero-order valence-corrected chi connectivity index (χ0v) is 11.9. The van der Waals surface area contributed by atoms with Gasteiger partial charge in [-0.05, 0) is 36.4 Å². The number of pyridine rings is 1. The Morgan fingerprint density at radius 2 is 2.00 bits per heavy atom. The summed E-state index contributed by atoms with van der Waals surface area (Å²) in [6.07, 6.45) is 2.66. The maximum absolute atomic E-state index is 10.8. The molecule has 0 amide bonds. The summed E-state index contributed by atoms with van der Waals surface area (Å²) in [6, 6.07) is 11.8. The lowest BCUT2D eigenvalue weighted by Gasteiger charge is -1.95. The van der Waals surface area contributed by atoms with E-state index >= 15 is 0 Å². The van der Waals surface area contributed by atoms with Gasteiger partial charge in [-0.1, -0.05) is 0 Å². The van der Waals surface area contributed by atoms with Crippen LogP contribution in [0.5, 0.6) is 0 Å². The number of thiazole rings is 1. The number of hydrogen-bond donors (Lipinski definition) is 0. The molecule has 0 aliphatic carbocycles. The van der Waals surface area contributed by atoms with Crippen molar-refractivity contribution in [3.63, 3.8) is 0 Å². The Morgan fingerprint density at radius 3 is 2.85 bits per heavy atom. The molecule has 20 heavy (non-hydrogen) atoms. The molecule has 4 aromatic rings. The van der Waals surface area contributed by atoms with Gasteiger partial charge in [0.25, 0.3) is 0 Å². The number of aromatic nitrogens is 2. The standard InChI is InChI=1S/C15H8N2OS2/c18-8-9-3-5-13(19-9)15-17-14-10-2-1-7-16-11(10)4-6-12(14)20-15/h1-8H. The summed E-state index contributed by atoms with van der Waals surface area (Å²) in [5, 5.41) is 2.02. The second-order valence-corrected chi connectivity index (χ2v) is 6.47. The minimum Gasteiger partial charge on any atom is -0.297 e. The highest BCUT2D eigenvalue weighted by atomic mass is 32.1. The number of hydrogen-bond acceptors (Lipinski definition) is 5. The Morgan fingerprint density at radius 1 is 1.05 bits per heavy atom. The molecule has 0 N–H and O–H groups in total. The van der Waals surface area contributed by atoms with Gasteiger partial charge in [0.15, 0.2) is 6.29 Å². The van der Waals surface area contributed by atoms with Gasteiger partial charge in [0.2, 0.25) is 0 Å². The van der Waals surface area contributed by atoms with Gasteiger partial charge in [0.1, 0.15) is 5.01 Å². The highest BCUT2D eigenvalue weighted by molar-refractivity contribution is 7.26. The average molecular weight is 296 g/mol. The lowest BCUT2D eigenvalue weighted by Crippen LogP contribution is -1.78. The zero-order chi connectivity index (χ0) is 13.5. The number of fused-ring (bicyclic) bond motifs is 3. The summed E-state index contributed by atoms with van der Waals surface area (Å²) < 4.78 is 1.14. The predicted octanol–water partition coefficient (Wildman–Crippen LogP) is 4.39. The molecule has 0 aliphatic heterocycles. The van der Waals surface area contributed by atoms with Gasteiger partial charge in [0, 0.05) is 11.6 Å². The Kier molecular flexibility index (Phi) is 2.61. The first-order valence-electron chi connectivity index (χ1n) is 6.05. The quantitative estimate of drug-likeness (QED) is 0.515. The molecule has 0 unspecified atom stereocenters. The molecular formula is C15H8N2OS2. The second-order valence-electron chi connectivity index (χ2n) is 4.32. The summed E-state index contributed by atoms with van der Waals surface area (Å²) in [5.74, 6) is 0. The number of thiophene rings is 1. The fraction of sp³-hybridized carbons (Fsp3) is 0. The highest BCUT2D eigenvalue weighted by Gasteiger charge is 2.11. The van der Waals surface area contributed by atoms with E-state index in [2.05, 4.69) is 11.1 Å². The van der Waals surface area contributed by atoms with Crippen molar-refractivity contribution in [1.29, 1.82) is 0 Å². The fourth-order valence-corrected chi connectivity index (χ4v) is 4.04. The van der Waals surface area contributed by atoms with Crippen LogP contribution >= 0.6 is 22.7 Å². The van der Waals surface area contributed by atoms with Crippen molar-refractivity contribution >= 4 is 50.1 Å².